The Hall–Kier alpha value is -2.64. The van der Waals surface area contributed by atoms with Crippen LogP contribution >= 0.6 is 0 Å². The van der Waals surface area contributed by atoms with Crippen molar-refractivity contribution in [1.82, 2.24) is 5.32 Å². The fourth-order valence-electron chi connectivity index (χ4n) is 2.08. The zero-order valence-electron chi connectivity index (χ0n) is 15.9. The molecule has 27 heavy (non-hydrogen) atoms. The largest absolute Gasteiger partial charge is 0.491 e. The number of rotatable bonds is 7. The average molecular weight is 377 g/mol. The molecule has 7 heteroatoms. The molecule has 0 atom stereocenters. The minimum Gasteiger partial charge on any atom is -0.491 e. The van der Waals surface area contributed by atoms with Gasteiger partial charge in [-0.15, -0.1) is 0 Å². The Morgan fingerprint density at radius 2 is 1.56 bits per heavy atom. The Bertz CT molecular complexity index is 727. The van der Waals surface area contributed by atoms with Gasteiger partial charge in [0.05, 0.1) is 13.2 Å². The van der Waals surface area contributed by atoms with Gasteiger partial charge < -0.3 is 25.0 Å². The van der Waals surface area contributed by atoms with Crippen molar-refractivity contribution in [3.63, 3.8) is 0 Å². The molecule has 148 valence electrons. The van der Waals surface area contributed by atoms with E-state index in [0.717, 1.165) is 12.3 Å². The summed E-state index contributed by atoms with van der Waals surface area (Å²) in [5.41, 5.74) is 0.144. The van der Waals surface area contributed by atoms with Crippen LogP contribution in [0.5, 0.6) is 5.75 Å². The summed E-state index contributed by atoms with van der Waals surface area (Å²) < 4.78 is 11.3. The van der Waals surface area contributed by atoms with E-state index in [1.54, 1.807) is 0 Å². The Morgan fingerprint density at radius 1 is 0.926 bits per heavy atom. The van der Waals surface area contributed by atoms with E-state index in [1.807, 2.05) is 18.2 Å². The van der Waals surface area contributed by atoms with E-state index >= 15 is 0 Å². The third-order valence-electron chi connectivity index (χ3n) is 3.30. The van der Waals surface area contributed by atoms with Crippen molar-refractivity contribution in [1.29, 1.82) is 0 Å². The van der Waals surface area contributed by atoms with Crippen molar-refractivity contribution in [3.8, 4) is 5.75 Å². The maximum absolute atomic E-state index is 9.10. The highest BCUT2D eigenvalue weighted by molar-refractivity contribution is 6.27. The summed E-state index contributed by atoms with van der Waals surface area (Å²) >= 11 is 0. The number of hydrogen-bond donors (Lipinski definition) is 3. The van der Waals surface area contributed by atoms with Crippen molar-refractivity contribution < 1.29 is 29.3 Å². The second kappa shape index (κ2) is 11.2. The monoisotopic (exact) mass is 377 g/mol. The summed E-state index contributed by atoms with van der Waals surface area (Å²) in [6.45, 7) is 9.20. The molecule has 0 unspecified atom stereocenters. The predicted molar refractivity (Wildman–Crippen MR) is 103 cm³/mol. The van der Waals surface area contributed by atoms with Crippen molar-refractivity contribution in [2.24, 2.45) is 0 Å². The first-order chi connectivity index (χ1) is 12.7. The van der Waals surface area contributed by atoms with Crippen LogP contribution in [-0.4, -0.2) is 54.1 Å². The van der Waals surface area contributed by atoms with E-state index in [1.165, 1.54) is 10.8 Å². The van der Waals surface area contributed by atoms with Gasteiger partial charge in [0.2, 0.25) is 0 Å². The molecule has 0 aliphatic rings. The molecule has 2 rings (SSSR count). The Labute approximate surface area is 158 Å². The first-order valence-electron chi connectivity index (χ1n) is 8.59. The molecular weight excluding hydrogens is 350 g/mol. The second-order valence-electron chi connectivity index (χ2n) is 6.76. The lowest BCUT2D eigenvalue weighted by atomic mass is 10.1. The number of carboxylic acids is 2. The molecule has 2 aromatic rings. The van der Waals surface area contributed by atoms with Crippen LogP contribution < -0.4 is 10.1 Å². The number of aliphatic carboxylic acids is 2. The number of carboxylic acid groups (broad SMARTS) is 2. The average Bonchev–Trinajstić information content (AvgIpc) is 2.60. The Morgan fingerprint density at radius 3 is 2.15 bits per heavy atom. The fourth-order valence-corrected chi connectivity index (χ4v) is 2.08. The molecule has 2 aromatic carbocycles. The first-order valence-corrected chi connectivity index (χ1v) is 8.59. The van der Waals surface area contributed by atoms with Gasteiger partial charge in [-0.05, 0) is 43.7 Å². The Kier molecular flexibility index (Phi) is 9.25. The molecule has 0 aromatic heterocycles. The van der Waals surface area contributed by atoms with Crippen LogP contribution in [0.25, 0.3) is 10.8 Å². The predicted octanol–water partition coefficient (Wildman–Crippen LogP) is 2.78. The van der Waals surface area contributed by atoms with Crippen LogP contribution in [0.3, 0.4) is 0 Å². The van der Waals surface area contributed by atoms with Crippen LogP contribution in [0.1, 0.15) is 20.8 Å². The van der Waals surface area contributed by atoms with Gasteiger partial charge in [0.1, 0.15) is 12.4 Å². The summed E-state index contributed by atoms with van der Waals surface area (Å²) in [5.74, 6) is -2.75. The highest BCUT2D eigenvalue weighted by Crippen LogP contribution is 2.20. The lowest BCUT2D eigenvalue weighted by molar-refractivity contribution is -0.159. The van der Waals surface area contributed by atoms with Gasteiger partial charge in [0.15, 0.2) is 0 Å². The van der Waals surface area contributed by atoms with E-state index in [-0.39, 0.29) is 5.54 Å². The van der Waals surface area contributed by atoms with E-state index in [9.17, 15) is 0 Å². The van der Waals surface area contributed by atoms with Crippen LogP contribution in [-0.2, 0) is 14.3 Å². The number of hydrogen-bond acceptors (Lipinski definition) is 5. The number of benzene rings is 2. The van der Waals surface area contributed by atoms with Crippen LogP contribution in [0, 0.1) is 0 Å². The second-order valence-corrected chi connectivity index (χ2v) is 6.76. The maximum atomic E-state index is 9.10. The maximum Gasteiger partial charge on any atom is 0.414 e. The topological polar surface area (TPSA) is 105 Å². The summed E-state index contributed by atoms with van der Waals surface area (Å²) in [6, 6.07) is 14.4. The van der Waals surface area contributed by atoms with Gasteiger partial charge in [-0.2, -0.15) is 0 Å². The normalized spacial score (nSPS) is 10.8. The zero-order valence-corrected chi connectivity index (χ0v) is 15.9. The lowest BCUT2D eigenvalue weighted by Crippen LogP contribution is -2.38. The summed E-state index contributed by atoms with van der Waals surface area (Å²) in [6.07, 6.45) is 0. The van der Waals surface area contributed by atoms with Gasteiger partial charge >= 0.3 is 11.9 Å². The smallest absolute Gasteiger partial charge is 0.414 e. The molecule has 0 bridgehead atoms. The number of ether oxygens (including phenoxy) is 2. The quantitative estimate of drug-likeness (QED) is 0.503. The standard InChI is InChI=1S/C18H25NO2.C2H2O4/c1-18(2,3)19-10-11-20-12-13-21-17-9-8-15-6-4-5-7-16(15)14-17;3-1(4)2(5)6/h4-9,14,19H,10-13H2,1-3H3;(H,3,4)(H,5,6). The number of nitrogens with one attached hydrogen (secondary N) is 1. The molecule has 0 aliphatic carbocycles. The minimum absolute atomic E-state index is 0.144. The van der Waals surface area contributed by atoms with Gasteiger partial charge in [-0.25, -0.2) is 9.59 Å². The van der Waals surface area contributed by atoms with Crippen molar-refractivity contribution >= 4 is 22.7 Å². The van der Waals surface area contributed by atoms with E-state index in [0.29, 0.717) is 19.8 Å². The molecule has 0 saturated heterocycles. The van der Waals surface area contributed by atoms with Crippen LogP contribution in [0.4, 0.5) is 0 Å². The molecule has 0 saturated carbocycles. The van der Waals surface area contributed by atoms with Gasteiger partial charge in [0.25, 0.3) is 0 Å². The molecular formula is C20H27NO6. The van der Waals surface area contributed by atoms with Crippen LogP contribution in [0.2, 0.25) is 0 Å². The van der Waals surface area contributed by atoms with Crippen molar-refractivity contribution in [3.05, 3.63) is 42.5 Å². The van der Waals surface area contributed by atoms with Crippen LogP contribution in [0.15, 0.2) is 42.5 Å². The van der Waals surface area contributed by atoms with E-state index < -0.39 is 11.9 Å². The third kappa shape index (κ3) is 10.2. The number of fused-ring (bicyclic) bond motifs is 1. The molecule has 0 amide bonds. The molecule has 0 heterocycles. The summed E-state index contributed by atoms with van der Waals surface area (Å²) in [7, 11) is 0. The first kappa shape index (κ1) is 22.4. The lowest BCUT2D eigenvalue weighted by Gasteiger charge is -2.20. The molecule has 0 radical (unpaired) electrons. The van der Waals surface area contributed by atoms with Crippen molar-refractivity contribution in [2.45, 2.75) is 26.3 Å². The van der Waals surface area contributed by atoms with Crippen molar-refractivity contribution in [2.75, 3.05) is 26.4 Å². The van der Waals surface area contributed by atoms with Gasteiger partial charge in [-0.1, -0.05) is 30.3 Å². The summed E-state index contributed by atoms with van der Waals surface area (Å²) in [5, 5.41) is 20.6. The third-order valence-corrected chi connectivity index (χ3v) is 3.30. The Balaban J connectivity index is 0.000000527. The SMILES string of the molecule is CC(C)(C)NCCOCCOc1ccc2ccccc2c1.O=C(O)C(=O)O. The molecule has 3 N–H and O–H groups in total. The van der Waals surface area contributed by atoms with Gasteiger partial charge in [-0.3, -0.25) is 0 Å². The minimum atomic E-state index is -1.82. The van der Waals surface area contributed by atoms with E-state index in [2.05, 4.69) is 50.4 Å². The number of carbonyl (C=O) groups is 2. The molecule has 0 aliphatic heterocycles. The summed E-state index contributed by atoms with van der Waals surface area (Å²) in [4.78, 5) is 18.2. The highest BCUT2D eigenvalue weighted by atomic mass is 16.5. The zero-order chi connectivity index (χ0) is 20.3. The fraction of sp³-hybridized carbons (Fsp3) is 0.400. The molecule has 0 fully saturated rings. The van der Waals surface area contributed by atoms with E-state index in [4.69, 9.17) is 29.3 Å². The molecule has 0 spiro atoms. The van der Waals surface area contributed by atoms with Gasteiger partial charge in [0, 0.05) is 12.1 Å². The highest BCUT2D eigenvalue weighted by Gasteiger charge is 2.07. The molecule has 7 nitrogen and oxygen atoms in total.